The summed E-state index contributed by atoms with van der Waals surface area (Å²) in [6.07, 6.45) is 0.690. The van der Waals surface area contributed by atoms with E-state index in [-0.39, 0.29) is 18.9 Å². The highest BCUT2D eigenvalue weighted by Gasteiger charge is 2.26. The van der Waals surface area contributed by atoms with Gasteiger partial charge >= 0.3 is 5.76 Å². The molecule has 1 aromatic rings. The normalized spacial score (nSPS) is 11.2. The van der Waals surface area contributed by atoms with Crippen LogP contribution >= 0.6 is 0 Å². The van der Waals surface area contributed by atoms with Gasteiger partial charge in [0.05, 0.1) is 17.4 Å². The number of rotatable bonds is 7. The predicted molar refractivity (Wildman–Crippen MR) is 75.8 cm³/mol. The smallest absolute Gasteiger partial charge is 0.329 e. The van der Waals surface area contributed by atoms with Crippen LogP contribution in [-0.4, -0.2) is 38.1 Å². The van der Waals surface area contributed by atoms with Crippen LogP contribution < -0.4 is 0 Å². The van der Waals surface area contributed by atoms with Crippen LogP contribution in [0.3, 0.4) is 0 Å². The minimum atomic E-state index is -4.63. The number of nitriles is 1. The first-order valence-corrected chi connectivity index (χ1v) is 8.13. The van der Waals surface area contributed by atoms with E-state index in [4.69, 9.17) is 5.26 Å². The van der Waals surface area contributed by atoms with Gasteiger partial charge in [0.1, 0.15) is 6.54 Å². The highest BCUT2D eigenvalue weighted by atomic mass is 32.2. The molecule has 1 amide bonds. The Morgan fingerprint density at radius 1 is 1.32 bits per heavy atom. The van der Waals surface area contributed by atoms with Gasteiger partial charge in [-0.3, -0.25) is 4.79 Å². The van der Waals surface area contributed by atoms with Crippen molar-refractivity contribution in [2.45, 2.75) is 30.4 Å². The molecule has 0 radical (unpaired) electrons. The molecule has 0 saturated carbocycles. The molecule has 0 aromatic heterocycles. The van der Waals surface area contributed by atoms with E-state index in [1.54, 1.807) is 0 Å². The van der Waals surface area contributed by atoms with Crippen LogP contribution in [0.2, 0.25) is 0 Å². The number of sulfone groups is 1. The molecule has 120 valence electrons. The Morgan fingerprint density at radius 2 is 1.91 bits per heavy atom. The fourth-order valence-electron chi connectivity index (χ4n) is 1.83. The molecule has 0 fully saturated rings. The van der Waals surface area contributed by atoms with Crippen LogP contribution in [0.1, 0.15) is 18.9 Å². The van der Waals surface area contributed by atoms with Crippen LogP contribution in [0.4, 0.5) is 8.78 Å². The van der Waals surface area contributed by atoms with Gasteiger partial charge in [0.25, 0.3) is 0 Å². The second kappa shape index (κ2) is 7.84. The average Bonchev–Trinajstić information content (AvgIpc) is 2.47. The fourth-order valence-corrected chi connectivity index (χ4v) is 2.55. The minimum Gasteiger partial charge on any atom is -0.329 e. The van der Waals surface area contributed by atoms with Gasteiger partial charge in [-0.1, -0.05) is 19.1 Å². The number of benzene rings is 1. The van der Waals surface area contributed by atoms with Gasteiger partial charge in [0.15, 0.2) is 0 Å². The lowest BCUT2D eigenvalue weighted by molar-refractivity contribution is -0.129. The average molecular weight is 330 g/mol. The van der Waals surface area contributed by atoms with Crippen LogP contribution in [0.15, 0.2) is 29.2 Å². The summed E-state index contributed by atoms with van der Waals surface area (Å²) in [5, 5.41) is 8.67. The highest BCUT2D eigenvalue weighted by molar-refractivity contribution is 7.91. The lowest BCUT2D eigenvalue weighted by Gasteiger charge is -2.18. The topological polar surface area (TPSA) is 78.2 Å². The number of hydrogen-bond acceptors (Lipinski definition) is 4. The Kier molecular flexibility index (Phi) is 6.43. The van der Waals surface area contributed by atoms with E-state index in [1.807, 2.05) is 13.0 Å². The number of halogens is 2. The Morgan fingerprint density at radius 3 is 2.36 bits per heavy atom. The molecule has 0 bridgehead atoms. The zero-order valence-corrected chi connectivity index (χ0v) is 12.8. The summed E-state index contributed by atoms with van der Waals surface area (Å²) in [6, 6.07) is 6.66. The van der Waals surface area contributed by atoms with Gasteiger partial charge in [-0.2, -0.15) is 14.0 Å². The summed E-state index contributed by atoms with van der Waals surface area (Å²) in [4.78, 5) is 12.9. The summed E-state index contributed by atoms with van der Waals surface area (Å²) in [5.74, 6) is -3.75. The molecule has 22 heavy (non-hydrogen) atoms. The van der Waals surface area contributed by atoms with Gasteiger partial charge in [0.2, 0.25) is 15.7 Å². The monoisotopic (exact) mass is 330 g/mol. The Balaban J connectivity index is 2.84. The Bertz CT molecular complexity index is 652. The zero-order valence-electron chi connectivity index (χ0n) is 12.0. The third kappa shape index (κ3) is 4.49. The first kappa shape index (κ1) is 18.0. The van der Waals surface area contributed by atoms with Gasteiger partial charge < -0.3 is 4.90 Å². The Hall–Kier alpha value is -2.01. The van der Waals surface area contributed by atoms with E-state index in [2.05, 4.69) is 0 Å². The van der Waals surface area contributed by atoms with Crippen LogP contribution in [-0.2, 0) is 21.1 Å². The first-order valence-electron chi connectivity index (χ1n) is 6.58. The molecule has 0 atom stereocenters. The molecule has 0 saturated heterocycles. The maximum atomic E-state index is 12.4. The predicted octanol–water partition coefficient (Wildman–Crippen LogP) is 1.99. The van der Waals surface area contributed by atoms with Gasteiger partial charge in [-0.15, -0.1) is 0 Å². The fraction of sp³-hybridized carbons (Fsp3) is 0.429. The molecule has 8 heteroatoms. The summed E-state index contributed by atoms with van der Waals surface area (Å²) in [5.41, 5.74) is 0.497. The first-order chi connectivity index (χ1) is 10.3. The molecule has 0 unspecified atom stereocenters. The van der Waals surface area contributed by atoms with Crippen molar-refractivity contribution in [1.82, 2.24) is 4.90 Å². The molecule has 0 heterocycles. The van der Waals surface area contributed by atoms with E-state index in [0.29, 0.717) is 18.5 Å². The molecule has 0 aliphatic heterocycles. The van der Waals surface area contributed by atoms with Crippen molar-refractivity contribution in [2.75, 3.05) is 13.1 Å². The summed E-state index contributed by atoms with van der Waals surface area (Å²) >= 11 is 0. The van der Waals surface area contributed by atoms with Crippen molar-refractivity contribution in [1.29, 1.82) is 5.26 Å². The van der Waals surface area contributed by atoms with Crippen molar-refractivity contribution in [3.05, 3.63) is 29.8 Å². The molecule has 1 rings (SSSR count). The number of carbonyl (C=O) groups is 1. The van der Waals surface area contributed by atoms with Gasteiger partial charge in [0, 0.05) is 6.54 Å². The SMILES string of the molecule is CCCN(CC#N)C(=O)Cc1ccc(S(=O)(=O)C(F)F)cc1. The molecule has 0 aliphatic carbocycles. The van der Waals surface area contributed by atoms with Crippen LogP contribution in [0.25, 0.3) is 0 Å². The lowest BCUT2D eigenvalue weighted by atomic mass is 10.1. The van der Waals surface area contributed by atoms with Gasteiger partial charge in [-0.05, 0) is 24.1 Å². The molecule has 5 nitrogen and oxygen atoms in total. The van der Waals surface area contributed by atoms with Crippen LogP contribution in [0.5, 0.6) is 0 Å². The lowest BCUT2D eigenvalue weighted by Crippen LogP contribution is -2.33. The zero-order chi connectivity index (χ0) is 16.8. The van der Waals surface area contributed by atoms with Crippen molar-refractivity contribution in [2.24, 2.45) is 0 Å². The summed E-state index contributed by atoms with van der Waals surface area (Å²) in [7, 11) is -4.63. The number of hydrogen-bond donors (Lipinski definition) is 0. The summed E-state index contributed by atoms with van der Waals surface area (Å²) in [6.45, 7) is 2.30. The second-order valence-electron chi connectivity index (χ2n) is 4.60. The molecular weight excluding hydrogens is 314 g/mol. The quantitative estimate of drug-likeness (QED) is 0.716. The van der Waals surface area contributed by atoms with Crippen molar-refractivity contribution in [3.63, 3.8) is 0 Å². The van der Waals surface area contributed by atoms with Crippen molar-refractivity contribution in [3.8, 4) is 6.07 Å². The second-order valence-corrected chi connectivity index (χ2v) is 6.52. The van der Waals surface area contributed by atoms with Gasteiger partial charge in [-0.25, -0.2) is 8.42 Å². The number of nitrogens with zero attached hydrogens (tertiary/aromatic N) is 2. The third-order valence-corrected chi connectivity index (χ3v) is 4.35. The number of amides is 1. The van der Waals surface area contributed by atoms with Crippen LogP contribution in [0, 0.1) is 11.3 Å². The number of carbonyl (C=O) groups excluding carboxylic acids is 1. The van der Waals surface area contributed by atoms with E-state index in [0.717, 1.165) is 12.1 Å². The molecular formula is C14H16F2N2O3S. The van der Waals surface area contributed by atoms with E-state index >= 15 is 0 Å². The number of alkyl halides is 2. The maximum Gasteiger partial charge on any atom is 0.341 e. The standard InChI is InChI=1S/C14H16F2N2O3S/c1-2-8-18(9-7-17)13(19)10-11-3-5-12(6-4-11)22(20,21)14(15)16/h3-6,14H,2,8-10H2,1H3. The van der Waals surface area contributed by atoms with Crippen molar-refractivity contribution >= 4 is 15.7 Å². The highest BCUT2D eigenvalue weighted by Crippen LogP contribution is 2.19. The van der Waals surface area contributed by atoms with Crippen molar-refractivity contribution < 1.29 is 22.0 Å². The molecule has 0 aliphatic rings. The van der Waals surface area contributed by atoms with E-state index in [9.17, 15) is 22.0 Å². The maximum absolute atomic E-state index is 12.4. The molecule has 1 aromatic carbocycles. The molecule has 0 spiro atoms. The largest absolute Gasteiger partial charge is 0.341 e. The molecule has 0 N–H and O–H groups in total. The minimum absolute atomic E-state index is 0.0172. The summed E-state index contributed by atoms with van der Waals surface area (Å²) < 4.78 is 47.4. The third-order valence-electron chi connectivity index (χ3n) is 2.95. The van der Waals surface area contributed by atoms with E-state index < -0.39 is 20.5 Å². The van der Waals surface area contributed by atoms with E-state index in [1.165, 1.54) is 17.0 Å². The Labute approximate surface area is 128 Å².